The molecule has 0 fully saturated rings. The van der Waals surface area contributed by atoms with Crippen molar-refractivity contribution in [1.82, 2.24) is 0 Å². The number of hydrogen-bond donors (Lipinski definition) is 1. The maximum atomic E-state index is 10.7. The minimum absolute atomic E-state index is 0.135. The molecule has 0 amide bonds. The van der Waals surface area contributed by atoms with Gasteiger partial charge in [-0.15, -0.1) is 0 Å². The van der Waals surface area contributed by atoms with Crippen LogP contribution in [0.1, 0.15) is 11.1 Å². The van der Waals surface area contributed by atoms with Crippen molar-refractivity contribution >= 4 is 5.69 Å². The minimum atomic E-state index is -0.368. The smallest absolute Gasteiger partial charge is 0.269 e. The molecule has 4 heteroatoms. The van der Waals surface area contributed by atoms with E-state index in [2.05, 4.69) is 0 Å². The average Bonchev–Trinajstić information content (AvgIpc) is 2.37. The molecule has 1 aliphatic rings. The number of rotatable bonds is 1. The number of fused-ring (bicyclic) bond motifs is 3. The van der Waals surface area contributed by atoms with E-state index in [4.69, 9.17) is 0 Å². The fourth-order valence-corrected chi connectivity index (χ4v) is 2.48. The van der Waals surface area contributed by atoms with Crippen LogP contribution in [0.25, 0.3) is 11.1 Å². The Labute approximate surface area is 104 Å². The van der Waals surface area contributed by atoms with E-state index < -0.39 is 0 Å². The summed E-state index contributed by atoms with van der Waals surface area (Å²) in [6.07, 6.45) is 1.57. The van der Waals surface area contributed by atoms with Crippen LogP contribution in [0.15, 0.2) is 36.4 Å². The molecule has 2 aromatic carbocycles. The minimum Gasteiger partial charge on any atom is -0.508 e. The molecule has 2 aromatic rings. The first-order valence-corrected chi connectivity index (χ1v) is 5.75. The van der Waals surface area contributed by atoms with E-state index in [1.54, 1.807) is 24.3 Å². The summed E-state index contributed by atoms with van der Waals surface area (Å²) in [6.45, 7) is 0. The molecule has 0 aliphatic heterocycles. The normalized spacial score (nSPS) is 12.7. The zero-order valence-electron chi connectivity index (χ0n) is 9.59. The van der Waals surface area contributed by atoms with E-state index >= 15 is 0 Å². The lowest BCUT2D eigenvalue weighted by Crippen LogP contribution is -2.04. The summed E-state index contributed by atoms with van der Waals surface area (Å²) in [5.74, 6) is 0.263. The topological polar surface area (TPSA) is 63.4 Å². The zero-order valence-corrected chi connectivity index (χ0v) is 9.59. The molecule has 0 aromatic heterocycles. The van der Waals surface area contributed by atoms with Gasteiger partial charge in [-0.25, -0.2) is 0 Å². The molecule has 1 aliphatic carbocycles. The molecular formula is C14H11NO3. The number of nitrogens with zero attached hydrogens (tertiary/aromatic N) is 1. The van der Waals surface area contributed by atoms with Crippen LogP contribution < -0.4 is 0 Å². The Bertz CT molecular complexity index is 649. The lowest BCUT2D eigenvalue weighted by Gasteiger charge is -2.19. The number of nitro groups is 1. The van der Waals surface area contributed by atoms with Crippen molar-refractivity contribution < 1.29 is 10.0 Å². The summed E-state index contributed by atoms with van der Waals surface area (Å²) in [5, 5.41) is 20.2. The Hall–Kier alpha value is -2.36. The lowest BCUT2D eigenvalue weighted by molar-refractivity contribution is -0.384. The van der Waals surface area contributed by atoms with Gasteiger partial charge in [0.05, 0.1) is 4.92 Å². The Morgan fingerprint density at radius 3 is 2.28 bits per heavy atom. The van der Waals surface area contributed by atoms with Crippen LogP contribution in [-0.4, -0.2) is 10.0 Å². The van der Waals surface area contributed by atoms with Crippen molar-refractivity contribution in [1.29, 1.82) is 0 Å². The van der Waals surface area contributed by atoms with Crippen LogP contribution >= 0.6 is 0 Å². The fourth-order valence-electron chi connectivity index (χ4n) is 2.48. The molecular weight excluding hydrogens is 230 g/mol. The van der Waals surface area contributed by atoms with Crippen LogP contribution in [-0.2, 0) is 12.8 Å². The predicted molar refractivity (Wildman–Crippen MR) is 67.6 cm³/mol. The number of hydrogen-bond acceptors (Lipinski definition) is 3. The summed E-state index contributed by atoms with van der Waals surface area (Å²) in [7, 11) is 0. The first-order valence-electron chi connectivity index (χ1n) is 5.75. The van der Waals surface area contributed by atoms with Gasteiger partial charge in [-0.05, 0) is 53.3 Å². The van der Waals surface area contributed by atoms with E-state index in [0.29, 0.717) is 0 Å². The van der Waals surface area contributed by atoms with Gasteiger partial charge in [0.25, 0.3) is 5.69 Å². The van der Waals surface area contributed by atoms with Crippen LogP contribution in [0, 0.1) is 10.1 Å². The van der Waals surface area contributed by atoms with Gasteiger partial charge in [0.1, 0.15) is 5.75 Å². The summed E-state index contributed by atoms with van der Waals surface area (Å²) in [5.41, 5.74) is 4.32. The highest BCUT2D eigenvalue weighted by Crippen LogP contribution is 2.36. The molecule has 0 atom stereocenters. The van der Waals surface area contributed by atoms with E-state index in [1.807, 2.05) is 6.07 Å². The van der Waals surface area contributed by atoms with Crippen LogP contribution in [0.2, 0.25) is 0 Å². The summed E-state index contributed by atoms with van der Waals surface area (Å²) in [4.78, 5) is 10.4. The molecule has 4 nitrogen and oxygen atoms in total. The second-order valence-corrected chi connectivity index (χ2v) is 4.44. The first kappa shape index (κ1) is 10.8. The first-order chi connectivity index (χ1) is 8.65. The molecule has 0 spiro atoms. The number of phenolic OH excluding ortho intramolecular Hbond substituents is 1. The van der Waals surface area contributed by atoms with Gasteiger partial charge < -0.3 is 5.11 Å². The quantitative estimate of drug-likeness (QED) is 0.616. The molecule has 3 rings (SSSR count). The molecule has 0 unspecified atom stereocenters. The molecule has 90 valence electrons. The van der Waals surface area contributed by atoms with Gasteiger partial charge >= 0.3 is 0 Å². The molecule has 18 heavy (non-hydrogen) atoms. The van der Waals surface area contributed by atoms with Crippen LogP contribution in [0.4, 0.5) is 5.69 Å². The highest BCUT2D eigenvalue weighted by Gasteiger charge is 2.18. The van der Waals surface area contributed by atoms with Crippen LogP contribution in [0.5, 0.6) is 5.75 Å². The molecule has 0 bridgehead atoms. The van der Waals surface area contributed by atoms with E-state index in [0.717, 1.165) is 35.1 Å². The largest absolute Gasteiger partial charge is 0.508 e. The Morgan fingerprint density at radius 2 is 1.61 bits per heavy atom. The number of aryl methyl sites for hydroxylation is 2. The monoisotopic (exact) mass is 241 g/mol. The zero-order chi connectivity index (χ0) is 12.7. The van der Waals surface area contributed by atoms with Crippen molar-refractivity contribution in [3.8, 4) is 16.9 Å². The van der Waals surface area contributed by atoms with Gasteiger partial charge in [0, 0.05) is 12.1 Å². The lowest BCUT2D eigenvalue weighted by atomic mass is 9.85. The number of phenols is 1. The van der Waals surface area contributed by atoms with Crippen molar-refractivity contribution in [3.63, 3.8) is 0 Å². The Kier molecular flexibility index (Phi) is 2.30. The van der Waals surface area contributed by atoms with Gasteiger partial charge in [-0.2, -0.15) is 0 Å². The molecule has 0 saturated heterocycles. The van der Waals surface area contributed by atoms with Crippen molar-refractivity contribution in [2.75, 3.05) is 0 Å². The van der Waals surface area contributed by atoms with E-state index in [1.165, 1.54) is 6.07 Å². The van der Waals surface area contributed by atoms with Gasteiger partial charge in [-0.3, -0.25) is 10.1 Å². The van der Waals surface area contributed by atoms with E-state index in [9.17, 15) is 15.2 Å². The average molecular weight is 241 g/mol. The molecule has 0 radical (unpaired) electrons. The summed E-state index contributed by atoms with van der Waals surface area (Å²) >= 11 is 0. The number of nitro benzene ring substituents is 1. The third kappa shape index (κ3) is 1.62. The third-order valence-corrected chi connectivity index (χ3v) is 3.34. The van der Waals surface area contributed by atoms with Crippen molar-refractivity contribution in [2.45, 2.75) is 12.8 Å². The highest BCUT2D eigenvalue weighted by atomic mass is 16.6. The second-order valence-electron chi connectivity index (χ2n) is 4.44. The summed E-state index contributed by atoms with van der Waals surface area (Å²) < 4.78 is 0. The number of aromatic hydroxyl groups is 1. The van der Waals surface area contributed by atoms with Crippen LogP contribution in [0.3, 0.4) is 0 Å². The molecule has 0 heterocycles. The van der Waals surface area contributed by atoms with Gasteiger partial charge in [-0.1, -0.05) is 6.07 Å². The molecule has 1 N–H and O–H groups in total. The fraction of sp³-hybridized carbons (Fsp3) is 0.143. The maximum absolute atomic E-state index is 10.7. The Balaban J connectivity index is 2.16. The van der Waals surface area contributed by atoms with E-state index in [-0.39, 0.29) is 16.4 Å². The number of benzene rings is 2. The predicted octanol–water partition coefficient (Wildman–Crippen LogP) is 3.07. The molecule has 0 saturated carbocycles. The number of non-ortho nitro benzene ring substituents is 1. The third-order valence-electron chi connectivity index (χ3n) is 3.34. The SMILES string of the molecule is O=[N+]([O-])c1ccc2c(c1)CCc1cc(O)ccc1-2. The standard InChI is InChI=1S/C14H11NO3/c16-12-4-6-14-10(8-12)2-1-9-7-11(15(17)18)3-5-13(9)14/h3-8,16H,1-2H2. The highest BCUT2D eigenvalue weighted by molar-refractivity contribution is 5.75. The summed E-state index contributed by atoms with van der Waals surface area (Å²) in [6, 6.07) is 10.2. The second kappa shape index (κ2) is 3.84. The van der Waals surface area contributed by atoms with Gasteiger partial charge in [0.2, 0.25) is 0 Å². The Morgan fingerprint density at radius 1 is 1.00 bits per heavy atom. The van der Waals surface area contributed by atoms with Crippen molar-refractivity contribution in [3.05, 3.63) is 57.6 Å². The van der Waals surface area contributed by atoms with Crippen molar-refractivity contribution in [2.24, 2.45) is 0 Å². The van der Waals surface area contributed by atoms with Gasteiger partial charge in [0.15, 0.2) is 0 Å². The maximum Gasteiger partial charge on any atom is 0.269 e.